The molecule has 1 fully saturated rings. The van der Waals surface area contributed by atoms with Crippen molar-refractivity contribution >= 4 is 0 Å². The number of hydrogen-bond acceptors (Lipinski definition) is 3. The van der Waals surface area contributed by atoms with E-state index in [2.05, 4.69) is 35.9 Å². The number of rotatable bonds is 6. The van der Waals surface area contributed by atoms with Gasteiger partial charge in [0, 0.05) is 30.8 Å². The molecule has 0 bridgehead atoms. The lowest BCUT2D eigenvalue weighted by Crippen LogP contribution is -2.43. The molecule has 1 aliphatic carbocycles. The van der Waals surface area contributed by atoms with Gasteiger partial charge in [-0.25, -0.2) is 0 Å². The first-order valence-corrected chi connectivity index (χ1v) is 8.32. The lowest BCUT2D eigenvalue weighted by molar-refractivity contribution is 0.0227. The molecule has 118 valence electrons. The van der Waals surface area contributed by atoms with E-state index in [1.165, 1.54) is 12.8 Å². The highest BCUT2D eigenvalue weighted by Crippen LogP contribution is 2.39. The zero-order valence-electron chi connectivity index (χ0n) is 13.8. The molecule has 0 aromatic carbocycles. The number of hydrogen-bond donors (Lipinski definition) is 1. The standard InChI is InChI=1S/C18H30N2O/c1-4-20(12-17-9-5-8-16(3)19-17)13-18(14-21)10-6-7-15(2)11-18/h5,8-9,15,21H,4,6-7,10-14H2,1-3H3. The lowest BCUT2D eigenvalue weighted by Gasteiger charge is -2.42. The first-order valence-electron chi connectivity index (χ1n) is 8.32. The van der Waals surface area contributed by atoms with Gasteiger partial charge in [-0.1, -0.05) is 32.8 Å². The van der Waals surface area contributed by atoms with Crippen molar-refractivity contribution in [3.63, 3.8) is 0 Å². The van der Waals surface area contributed by atoms with Crippen LogP contribution in [-0.4, -0.2) is 34.7 Å². The first-order chi connectivity index (χ1) is 10.1. The Hall–Kier alpha value is -0.930. The summed E-state index contributed by atoms with van der Waals surface area (Å²) in [6.07, 6.45) is 4.88. The Morgan fingerprint density at radius 1 is 1.43 bits per heavy atom. The van der Waals surface area contributed by atoms with E-state index >= 15 is 0 Å². The van der Waals surface area contributed by atoms with Gasteiger partial charge in [0.15, 0.2) is 0 Å². The molecule has 0 saturated heterocycles. The predicted octanol–water partition coefficient (Wildman–Crippen LogP) is 3.40. The van der Waals surface area contributed by atoms with Crippen molar-refractivity contribution in [1.29, 1.82) is 0 Å². The zero-order valence-corrected chi connectivity index (χ0v) is 13.8. The van der Waals surface area contributed by atoms with Gasteiger partial charge < -0.3 is 5.11 Å². The van der Waals surface area contributed by atoms with Crippen molar-refractivity contribution in [2.45, 2.75) is 53.0 Å². The summed E-state index contributed by atoms with van der Waals surface area (Å²) in [4.78, 5) is 7.05. The van der Waals surface area contributed by atoms with Crippen LogP contribution in [0.3, 0.4) is 0 Å². The Morgan fingerprint density at radius 3 is 2.86 bits per heavy atom. The molecule has 3 nitrogen and oxygen atoms in total. The van der Waals surface area contributed by atoms with Crippen LogP contribution >= 0.6 is 0 Å². The highest BCUT2D eigenvalue weighted by molar-refractivity contribution is 5.09. The summed E-state index contributed by atoms with van der Waals surface area (Å²) >= 11 is 0. The summed E-state index contributed by atoms with van der Waals surface area (Å²) in [6.45, 7) is 9.75. The van der Waals surface area contributed by atoms with Gasteiger partial charge in [-0.05, 0) is 44.4 Å². The first kappa shape index (κ1) is 16.4. The maximum absolute atomic E-state index is 9.97. The third kappa shape index (κ3) is 4.52. The van der Waals surface area contributed by atoms with Crippen LogP contribution in [0.2, 0.25) is 0 Å². The van der Waals surface area contributed by atoms with Crippen molar-refractivity contribution in [2.24, 2.45) is 11.3 Å². The Morgan fingerprint density at radius 2 is 2.24 bits per heavy atom. The average Bonchev–Trinajstić information content (AvgIpc) is 2.46. The van der Waals surface area contributed by atoms with E-state index in [0.717, 1.165) is 49.8 Å². The van der Waals surface area contributed by atoms with Gasteiger partial charge >= 0.3 is 0 Å². The van der Waals surface area contributed by atoms with E-state index in [-0.39, 0.29) is 5.41 Å². The largest absolute Gasteiger partial charge is 0.396 e. The van der Waals surface area contributed by atoms with Crippen molar-refractivity contribution in [3.8, 4) is 0 Å². The van der Waals surface area contributed by atoms with Crippen LogP contribution in [0.4, 0.5) is 0 Å². The molecule has 1 saturated carbocycles. The van der Waals surface area contributed by atoms with Gasteiger partial charge in [0.1, 0.15) is 0 Å². The summed E-state index contributed by atoms with van der Waals surface area (Å²) in [6, 6.07) is 6.22. The van der Waals surface area contributed by atoms with Crippen LogP contribution in [0.1, 0.15) is 50.9 Å². The van der Waals surface area contributed by atoms with Gasteiger partial charge in [-0.15, -0.1) is 0 Å². The van der Waals surface area contributed by atoms with E-state index in [1.54, 1.807) is 0 Å². The van der Waals surface area contributed by atoms with Crippen molar-refractivity contribution in [1.82, 2.24) is 9.88 Å². The number of pyridine rings is 1. The molecule has 2 atom stereocenters. The third-order valence-electron chi connectivity index (χ3n) is 4.86. The molecular weight excluding hydrogens is 260 g/mol. The molecule has 0 spiro atoms. The number of aliphatic hydroxyl groups excluding tert-OH is 1. The minimum atomic E-state index is 0.0947. The van der Waals surface area contributed by atoms with Crippen LogP contribution in [0.5, 0.6) is 0 Å². The van der Waals surface area contributed by atoms with Crippen molar-refractivity contribution in [2.75, 3.05) is 19.7 Å². The average molecular weight is 290 g/mol. The van der Waals surface area contributed by atoms with E-state index in [4.69, 9.17) is 0 Å². The predicted molar refractivity (Wildman–Crippen MR) is 87.1 cm³/mol. The van der Waals surface area contributed by atoms with Gasteiger partial charge in [0.25, 0.3) is 0 Å². The lowest BCUT2D eigenvalue weighted by atomic mass is 9.70. The van der Waals surface area contributed by atoms with Gasteiger partial charge in [-0.3, -0.25) is 9.88 Å². The minimum Gasteiger partial charge on any atom is -0.396 e. The quantitative estimate of drug-likeness (QED) is 0.872. The third-order valence-corrected chi connectivity index (χ3v) is 4.86. The summed E-state index contributed by atoms with van der Waals surface area (Å²) < 4.78 is 0. The van der Waals surface area contributed by atoms with Crippen LogP contribution in [0.15, 0.2) is 18.2 Å². The summed E-state index contributed by atoms with van der Waals surface area (Å²) in [7, 11) is 0. The van der Waals surface area contributed by atoms with Crippen LogP contribution in [0, 0.1) is 18.3 Å². The monoisotopic (exact) mass is 290 g/mol. The highest BCUT2D eigenvalue weighted by atomic mass is 16.3. The SMILES string of the molecule is CCN(Cc1cccc(C)n1)CC1(CO)CCCC(C)C1. The normalized spacial score (nSPS) is 26.2. The van der Waals surface area contributed by atoms with E-state index in [1.807, 2.05) is 13.0 Å². The second-order valence-electron chi connectivity index (χ2n) is 6.93. The topological polar surface area (TPSA) is 36.4 Å². The molecule has 1 heterocycles. The van der Waals surface area contributed by atoms with Gasteiger partial charge in [0.05, 0.1) is 5.69 Å². The van der Waals surface area contributed by atoms with Crippen LogP contribution in [0.25, 0.3) is 0 Å². The number of aliphatic hydroxyl groups is 1. The zero-order chi connectivity index (χ0) is 15.3. The van der Waals surface area contributed by atoms with Crippen molar-refractivity contribution in [3.05, 3.63) is 29.6 Å². The van der Waals surface area contributed by atoms with Gasteiger partial charge in [-0.2, -0.15) is 0 Å². The molecule has 21 heavy (non-hydrogen) atoms. The maximum atomic E-state index is 9.97. The van der Waals surface area contributed by atoms with Gasteiger partial charge in [0.2, 0.25) is 0 Å². The molecule has 1 aromatic rings. The summed E-state index contributed by atoms with van der Waals surface area (Å²) in [5.74, 6) is 0.738. The van der Waals surface area contributed by atoms with Crippen LogP contribution < -0.4 is 0 Å². The molecule has 2 rings (SSSR count). The summed E-state index contributed by atoms with van der Waals surface area (Å²) in [5.41, 5.74) is 2.30. The van der Waals surface area contributed by atoms with E-state index in [9.17, 15) is 5.11 Å². The molecular formula is C18H30N2O. The molecule has 1 aliphatic rings. The summed E-state index contributed by atoms with van der Waals surface area (Å²) in [5, 5.41) is 9.97. The van der Waals surface area contributed by atoms with E-state index < -0.39 is 0 Å². The molecule has 1 aromatic heterocycles. The maximum Gasteiger partial charge on any atom is 0.0547 e. The van der Waals surface area contributed by atoms with Crippen molar-refractivity contribution < 1.29 is 5.11 Å². The second kappa shape index (κ2) is 7.37. The highest BCUT2D eigenvalue weighted by Gasteiger charge is 2.35. The molecule has 3 heteroatoms. The molecule has 1 N–H and O–H groups in total. The number of nitrogens with zero attached hydrogens (tertiary/aromatic N) is 2. The number of aromatic nitrogens is 1. The Kier molecular flexibility index (Phi) is 5.77. The molecule has 0 aliphatic heterocycles. The fourth-order valence-electron chi connectivity index (χ4n) is 3.78. The smallest absolute Gasteiger partial charge is 0.0547 e. The Bertz CT molecular complexity index is 449. The van der Waals surface area contributed by atoms with Crippen LogP contribution in [-0.2, 0) is 6.54 Å². The molecule has 0 radical (unpaired) electrons. The second-order valence-corrected chi connectivity index (χ2v) is 6.93. The fourth-order valence-corrected chi connectivity index (χ4v) is 3.78. The van der Waals surface area contributed by atoms with E-state index in [0.29, 0.717) is 6.61 Å². The number of aryl methyl sites for hydroxylation is 1. The molecule has 2 unspecified atom stereocenters. The minimum absolute atomic E-state index is 0.0947. The molecule has 0 amide bonds. The Labute approximate surface area is 129 Å². The Balaban J connectivity index is 2.03. The fraction of sp³-hybridized carbons (Fsp3) is 0.722.